The van der Waals surface area contributed by atoms with Crippen LogP contribution >= 0.6 is 0 Å². The van der Waals surface area contributed by atoms with Gasteiger partial charge in [-0.25, -0.2) is 4.79 Å². The van der Waals surface area contributed by atoms with Crippen LogP contribution in [0.4, 0.5) is 0 Å². The molecule has 0 aliphatic heterocycles. The second-order valence-electron chi connectivity index (χ2n) is 2.47. The molecule has 0 heterocycles. The fourth-order valence-electron chi connectivity index (χ4n) is 0.645. The molecule has 0 spiro atoms. The third-order valence-corrected chi connectivity index (χ3v) is 1.31. The first-order chi connectivity index (χ1) is 5.70. The van der Waals surface area contributed by atoms with Crippen molar-refractivity contribution in [2.75, 3.05) is 20.2 Å². The zero-order valence-corrected chi connectivity index (χ0v) is 7.81. The standard InChI is InChI=1S/C9H15NO2/c1-4-10-7-8(2)5-6-9(11)12-3/h8,10H,4,7H2,1-3H3. The minimum absolute atomic E-state index is 0.184. The molecule has 0 amide bonds. The Morgan fingerprint density at radius 3 is 2.83 bits per heavy atom. The molecule has 0 saturated heterocycles. The first-order valence-corrected chi connectivity index (χ1v) is 4.00. The summed E-state index contributed by atoms with van der Waals surface area (Å²) in [6.07, 6.45) is 0. The number of ether oxygens (including phenoxy) is 1. The quantitative estimate of drug-likeness (QED) is 0.378. The average molecular weight is 169 g/mol. The fourth-order valence-corrected chi connectivity index (χ4v) is 0.645. The van der Waals surface area contributed by atoms with E-state index in [1.807, 2.05) is 13.8 Å². The number of methoxy groups -OCH3 is 1. The molecule has 0 fully saturated rings. The Morgan fingerprint density at radius 1 is 1.67 bits per heavy atom. The maximum absolute atomic E-state index is 10.6. The molecule has 0 aliphatic rings. The molecule has 12 heavy (non-hydrogen) atoms. The highest BCUT2D eigenvalue weighted by atomic mass is 16.5. The summed E-state index contributed by atoms with van der Waals surface area (Å²) in [5.41, 5.74) is 0. The van der Waals surface area contributed by atoms with Crippen molar-refractivity contribution in [2.45, 2.75) is 13.8 Å². The van der Waals surface area contributed by atoms with Crippen LogP contribution in [0.25, 0.3) is 0 Å². The molecule has 0 bridgehead atoms. The van der Waals surface area contributed by atoms with Crippen LogP contribution in [0.5, 0.6) is 0 Å². The van der Waals surface area contributed by atoms with Crippen LogP contribution in [0.1, 0.15) is 13.8 Å². The zero-order valence-electron chi connectivity index (χ0n) is 7.81. The van der Waals surface area contributed by atoms with Crippen LogP contribution in [0.3, 0.4) is 0 Å². The van der Waals surface area contributed by atoms with Crippen molar-refractivity contribution in [1.82, 2.24) is 5.32 Å². The largest absolute Gasteiger partial charge is 0.459 e. The first kappa shape index (κ1) is 11.0. The van der Waals surface area contributed by atoms with Crippen LogP contribution in [-0.4, -0.2) is 26.2 Å². The van der Waals surface area contributed by atoms with E-state index in [1.54, 1.807) is 0 Å². The van der Waals surface area contributed by atoms with E-state index in [0.29, 0.717) is 0 Å². The number of carbonyl (C=O) groups excluding carboxylic acids is 1. The van der Waals surface area contributed by atoms with Gasteiger partial charge < -0.3 is 10.1 Å². The normalized spacial score (nSPS) is 11.2. The summed E-state index contributed by atoms with van der Waals surface area (Å²) in [7, 11) is 1.33. The average Bonchev–Trinajstić information content (AvgIpc) is 2.10. The maximum atomic E-state index is 10.6. The lowest BCUT2D eigenvalue weighted by molar-refractivity contribution is -0.133. The second-order valence-corrected chi connectivity index (χ2v) is 2.47. The molecule has 0 aliphatic carbocycles. The van der Waals surface area contributed by atoms with Gasteiger partial charge in [0.05, 0.1) is 7.11 Å². The highest BCUT2D eigenvalue weighted by molar-refractivity contribution is 5.88. The lowest BCUT2D eigenvalue weighted by Gasteiger charge is -2.02. The van der Waals surface area contributed by atoms with Crippen molar-refractivity contribution in [3.05, 3.63) is 0 Å². The minimum Gasteiger partial charge on any atom is -0.459 e. The van der Waals surface area contributed by atoms with E-state index < -0.39 is 5.97 Å². The summed E-state index contributed by atoms with van der Waals surface area (Å²) in [6, 6.07) is 0. The number of hydrogen-bond donors (Lipinski definition) is 1. The molecular formula is C9H15NO2. The Morgan fingerprint density at radius 2 is 2.33 bits per heavy atom. The molecule has 1 unspecified atom stereocenters. The van der Waals surface area contributed by atoms with Gasteiger partial charge in [0, 0.05) is 18.4 Å². The van der Waals surface area contributed by atoms with Gasteiger partial charge in [0.25, 0.3) is 0 Å². The van der Waals surface area contributed by atoms with Crippen LogP contribution in [0, 0.1) is 17.8 Å². The summed E-state index contributed by atoms with van der Waals surface area (Å²) in [6.45, 7) is 5.71. The van der Waals surface area contributed by atoms with Crippen LogP contribution in [0.15, 0.2) is 0 Å². The van der Waals surface area contributed by atoms with Gasteiger partial charge >= 0.3 is 5.97 Å². The van der Waals surface area contributed by atoms with E-state index in [9.17, 15) is 4.79 Å². The smallest absolute Gasteiger partial charge is 0.384 e. The molecule has 0 aromatic rings. The van der Waals surface area contributed by atoms with Crippen molar-refractivity contribution in [3.63, 3.8) is 0 Å². The topological polar surface area (TPSA) is 38.3 Å². The number of rotatable bonds is 3. The highest BCUT2D eigenvalue weighted by Gasteiger charge is 1.95. The Labute approximate surface area is 73.5 Å². The molecule has 0 aromatic carbocycles. The third kappa shape index (κ3) is 5.75. The summed E-state index contributed by atoms with van der Waals surface area (Å²) in [5.74, 6) is 4.88. The predicted octanol–water partition coefficient (Wildman–Crippen LogP) is 0.408. The third-order valence-electron chi connectivity index (χ3n) is 1.31. The molecule has 3 nitrogen and oxygen atoms in total. The number of esters is 1. The van der Waals surface area contributed by atoms with Crippen molar-refractivity contribution >= 4 is 5.97 Å². The van der Waals surface area contributed by atoms with Gasteiger partial charge in [0.1, 0.15) is 0 Å². The van der Waals surface area contributed by atoms with Crippen LogP contribution in [-0.2, 0) is 9.53 Å². The number of carbonyl (C=O) groups is 1. The Bertz CT molecular complexity index is 190. The molecule has 1 atom stereocenters. The molecule has 68 valence electrons. The summed E-state index contributed by atoms with van der Waals surface area (Å²) in [4.78, 5) is 10.6. The Kier molecular flexibility index (Phi) is 6.12. The molecule has 0 rings (SSSR count). The molecular weight excluding hydrogens is 154 g/mol. The lowest BCUT2D eigenvalue weighted by atomic mass is 10.2. The zero-order chi connectivity index (χ0) is 9.40. The summed E-state index contributed by atoms with van der Waals surface area (Å²) >= 11 is 0. The Balaban J connectivity index is 3.70. The van der Waals surface area contributed by atoms with Gasteiger partial charge in [-0.1, -0.05) is 19.8 Å². The summed E-state index contributed by atoms with van der Waals surface area (Å²) in [5, 5.41) is 3.14. The summed E-state index contributed by atoms with van der Waals surface area (Å²) < 4.78 is 4.37. The van der Waals surface area contributed by atoms with E-state index in [-0.39, 0.29) is 5.92 Å². The van der Waals surface area contributed by atoms with Crippen molar-refractivity contribution < 1.29 is 9.53 Å². The van der Waals surface area contributed by atoms with E-state index in [2.05, 4.69) is 21.9 Å². The van der Waals surface area contributed by atoms with E-state index in [0.717, 1.165) is 13.1 Å². The molecule has 0 saturated carbocycles. The highest BCUT2D eigenvalue weighted by Crippen LogP contribution is 1.88. The maximum Gasteiger partial charge on any atom is 0.384 e. The number of hydrogen-bond acceptors (Lipinski definition) is 3. The van der Waals surface area contributed by atoms with Gasteiger partial charge in [-0.15, -0.1) is 0 Å². The van der Waals surface area contributed by atoms with Gasteiger partial charge in [0.15, 0.2) is 0 Å². The molecule has 0 aromatic heterocycles. The van der Waals surface area contributed by atoms with Crippen molar-refractivity contribution in [1.29, 1.82) is 0 Å². The minimum atomic E-state index is -0.474. The van der Waals surface area contributed by atoms with E-state index in [1.165, 1.54) is 7.11 Å². The lowest BCUT2D eigenvalue weighted by Crippen LogP contribution is -2.19. The Hall–Kier alpha value is -1.01. The van der Waals surface area contributed by atoms with Gasteiger partial charge in [-0.3, -0.25) is 0 Å². The van der Waals surface area contributed by atoms with Crippen molar-refractivity contribution in [2.24, 2.45) is 5.92 Å². The van der Waals surface area contributed by atoms with Crippen LogP contribution in [0.2, 0.25) is 0 Å². The van der Waals surface area contributed by atoms with Gasteiger partial charge in [-0.2, -0.15) is 0 Å². The number of nitrogens with one attached hydrogen (secondary N) is 1. The molecule has 0 radical (unpaired) electrons. The van der Waals surface area contributed by atoms with Crippen molar-refractivity contribution in [3.8, 4) is 11.8 Å². The van der Waals surface area contributed by atoms with E-state index in [4.69, 9.17) is 0 Å². The van der Waals surface area contributed by atoms with E-state index >= 15 is 0 Å². The SMILES string of the molecule is CCNCC(C)C#CC(=O)OC. The van der Waals surface area contributed by atoms with Gasteiger partial charge in [0.2, 0.25) is 0 Å². The predicted molar refractivity (Wildman–Crippen MR) is 47.5 cm³/mol. The second kappa shape index (κ2) is 6.68. The van der Waals surface area contributed by atoms with Crippen LogP contribution < -0.4 is 5.32 Å². The fraction of sp³-hybridized carbons (Fsp3) is 0.667. The molecule has 3 heteroatoms. The van der Waals surface area contributed by atoms with Gasteiger partial charge in [-0.05, 0) is 6.54 Å². The molecule has 1 N–H and O–H groups in total. The first-order valence-electron chi connectivity index (χ1n) is 4.00. The monoisotopic (exact) mass is 169 g/mol.